The maximum atomic E-state index is 12.4. The van der Waals surface area contributed by atoms with Crippen LogP contribution in [-0.2, 0) is 4.79 Å². The van der Waals surface area contributed by atoms with Gasteiger partial charge >= 0.3 is 5.97 Å². The van der Waals surface area contributed by atoms with Crippen molar-refractivity contribution in [3.05, 3.63) is 39.4 Å². The van der Waals surface area contributed by atoms with E-state index in [-0.39, 0.29) is 23.5 Å². The van der Waals surface area contributed by atoms with E-state index < -0.39 is 34.4 Å². The molecular formula is C14H12N2O6. The number of carboxylic acids is 1. The van der Waals surface area contributed by atoms with Crippen LogP contribution in [-0.4, -0.2) is 38.8 Å². The molecule has 1 aliphatic carbocycles. The average molecular weight is 304 g/mol. The van der Waals surface area contributed by atoms with Gasteiger partial charge in [-0.1, -0.05) is 18.9 Å². The Morgan fingerprint density at radius 3 is 2.59 bits per heavy atom. The number of carbonyl (C=O) groups is 3. The molecule has 1 aliphatic heterocycles. The SMILES string of the molecule is O=C(O)[C@H](CC1CC1)N1C(=O)c2cccc([N+](=O)[O-])c2C1=O. The summed E-state index contributed by atoms with van der Waals surface area (Å²) in [5.41, 5.74) is -0.908. The number of nitro groups is 1. The molecule has 1 aromatic carbocycles. The van der Waals surface area contributed by atoms with Gasteiger partial charge in [0.15, 0.2) is 0 Å². The summed E-state index contributed by atoms with van der Waals surface area (Å²) in [6.07, 6.45) is 1.93. The van der Waals surface area contributed by atoms with Crippen LogP contribution in [0.15, 0.2) is 18.2 Å². The fourth-order valence-electron chi connectivity index (χ4n) is 2.71. The van der Waals surface area contributed by atoms with Crippen LogP contribution in [0.1, 0.15) is 40.0 Å². The van der Waals surface area contributed by atoms with Crippen molar-refractivity contribution in [2.75, 3.05) is 0 Å². The van der Waals surface area contributed by atoms with Gasteiger partial charge in [-0.2, -0.15) is 0 Å². The average Bonchev–Trinajstić information content (AvgIpc) is 3.25. The van der Waals surface area contributed by atoms with Gasteiger partial charge in [0.25, 0.3) is 17.5 Å². The molecule has 22 heavy (non-hydrogen) atoms. The van der Waals surface area contributed by atoms with E-state index in [1.54, 1.807) is 0 Å². The Labute approximate surface area is 124 Å². The number of amides is 2. The van der Waals surface area contributed by atoms with Crippen LogP contribution in [0.5, 0.6) is 0 Å². The lowest BCUT2D eigenvalue weighted by atomic mass is 10.1. The quantitative estimate of drug-likeness (QED) is 0.499. The van der Waals surface area contributed by atoms with E-state index >= 15 is 0 Å². The topological polar surface area (TPSA) is 118 Å². The number of nitro benzene ring substituents is 1. The second-order valence-corrected chi connectivity index (χ2v) is 5.47. The third-order valence-electron chi connectivity index (χ3n) is 3.97. The number of carboxylic acid groups (broad SMARTS) is 1. The highest BCUT2D eigenvalue weighted by atomic mass is 16.6. The smallest absolute Gasteiger partial charge is 0.326 e. The number of aliphatic carboxylic acids is 1. The third-order valence-corrected chi connectivity index (χ3v) is 3.97. The molecule has 0 spiro atoms. The Morgan fingerprint density at radius 2 is 2.05 bits per heavy atom. The van der Waals surface area contributed by atoms with Crippen molar-refractivity contribution >= 4 is 23.5 Å². The maximum absolute atomic E-state index is 12.4. The maximum Gasteiger partial charge on any atom is 0.326 e. The van der Waals surface area contributed by atoms with E-state index in [0.717, 1.165) is 18.9 Å². The van der Waals surface area contributed by atoms with Crippen molar-refractivity contribution in [2.45, 2.75) is 25.3 Å². The zero-order valence-electron chi connectivity index (χ0n) is 11.4. The van der Waals surface area contributed by atoms with Gasteiger partial charge in [-0.25, -0.2) is 4.79 Å². The Hall–Kier alpha value is -2.77. The van der Waals surface area contributed by atoms with Crippen molar-refractivity contribution < 1.29 is 24.4 Å². The predicted octanol–water partition coefficient (Wildman–Crippen LogP) is 1.44. The molecule has 1 saturated carbocycles. The lowest BCUT2D eigenvalue weighted by Gasteiger charge is -2.22. The number of hydrogen-bond acceptors (Lipinski definition) is 5. The summed E-state index contributed by atoms with van der Waals surface area (Å²) < 4.78 is 0. The van der Waals surface area contributed by atoms with E-state index in [0.29, 0.717) is 4.90 Å². The van der Waals surface area contributed by atoms with Gasteiger partial charge < -0.3 is 5.11 Å². The van der Waals surface area contributed by atoms with E-state index in [1.165, 1.54) is 12.1 Å². The molecule has 0 radical (unpaired) electrons. The molecule has 8 heteroatoms. The molecule has 1 heterocycles. The van der Waals surface area contributed by atoms with E-state index in [2.05, 4.69) is 0 Å². The monoisotopic (exact) mass is 304 g/mol. The number of rotatable bonds is 5. The van der Waals surface area contributed by atoms with Crippen LogP contribution in [0, 0.1) is 16.0 Å². The summed E-state index contributed by atoms with van der Waals surface area (Å²) in [7, 11) is 0. The van der Waals surface area contributed by atoms with Gasteiger partial charge in [0.05, 0.1) is 10.5 Å². The second kappa shape index (κ2) is 4.90. The molecular weight excluding hydrogens is 292 g/mol. The summed E-state index contributed by atoms with van der Waals surface area (Å²) in [5.74, 6) is -2.78. The van der Waals surface area contributed by atoms with E-state index in [1.807, 2.05) is 0 Å². The Morgan fingerprint density at radius 1 is 1.36 bits per heavy atom. The first-order valence-electron chi connectivity index (χ1n) is 6.80. The van der Waals surface area contributed by atoms with Crippen LogP contribution < -0.4 is 0 Å². The van der Waals surface area contributed by atoms with E-state index in [4.69, 9.17) is 0 Å². The highest BCUT2D eigenvalue weighted by Gasteiger charge is 2.47. The van der Waals surface area contributed by atoms with Crippen molar-refractivity contribution in [1.82, 2.24) is 4.90 Å². The Bertz CT molecular complexity index is 709. The van der Waals surface area contributed by atoms with Crippen molar-refractivity contribution in [3.8, 4) is 0 Å². The van der Waals surface area contributed by atoms with Crippen LogP contribution in [0.4, 0.5) is 5.69 Å². The third kappa shape index (κ3) is 2.12. The molecule has 2 amide bonds. The second-order valence-electron chi connectivity index (χ2n) is 5.47. The minimum Gasteiger partial charge on any atom is -0.480 e. The number of benzene rings is 1. The van der Waals surface area contributed by atoms with Gasteiger partial charge in [0.1, 0.15) is 11.6 Å². The zero-order valence-corrected chi connectivity index (χ0v) is 11.4. The normalized spacial score (nSPS) is 18.3. The number of nitrogens with zero attached hydrogens (tertiary/aromatic N) is 2. The minimum atomic E-state index is -1.28. The lowest BCUT2D eigenvalue weighted by Crippen LogP contribution is -2.45. The first-order valence-corrected chi connectivity index (χ1v) is 6.80. The molecule has 0 saturated heterocycles. The molecule has 1 atom stereocenters. The number of hydrogen-bond donors (Lipinski definition) is 1. The molecule has 0 bridgehead atoms. The molecule has 1 fully saturated rings. The molecule has 114 valence electrons. The van der Waals surface area contributed by atoms with Crippen molar-refractivity contribution in [2.24, 2.45) is 5.92 Å². The molecule has 8 nitrogen and oxygen atoms in total. The summed E-state index contributed by atoms with van der Waals surface area (Å²) in [6, 6.07) is 2.46. The number of imide groups is 1. The fraction of sp³-hybridized carbons (Fsp3) is 0.357. The highest BCUT2D eigenvalue weighted by molar-refractivity contribution is 6.24. The summed E-state index contributed by atoms with van der Waals surface area (Å²) in [4.78, 5) is 47.1. The number of fused-ring (bicyclic) bond motifs is 1. The Kier molecular flexibility index (Phi) is 3.16. The minimum absolute atomic E-state index is 0.110. The standard InChI is InChI=1S/C14H12N2O6/c17-12-8-2-1-3-9(16(21)22)11(8)13(18)15(12)10(14(19)20)6-7-4-5-7/h1-3,7,10H,4-6H2,(H,19,20)/t10-/m0/s1. The largest absolute Gasteiger partial charge is 0.480 e. The summed E-state index contributed by atoms with van der Waals surface area (Å²) >= 11 is 0. The zero-order chi connectivity index (χ0) is 16.0. The molecule has 1 aromatic rings. The highest BCUT2D eigenvalue weighted by Crippen LogP contribution is 2.38. The van der Waals surface area contributed by atoms with Crippen molar-refractivity contribution in [3.63, 3.8) is 0 Å². The first kappa shape index (κ1) is 14.2. The van der Waals surface area contributed by atoms with Crippen LogP contribution in [0.25, 0.3) is 0 Å². The van der Waals surface area contributed by atoms with Crippen LogP contribution >= 0.6 is 0 Å². The van der Waals surface area contributed by atoms with Gasteiger partial charge in [-0.15, -0.1) is 0 Å². The first-order chi connectivity index (χ1) is 10.4. The summed E-state index contributed by atoms with van der Waals surface area (Å²) in [5, 5.41) is 20.3. The molecule has 3 rings (SSSR count). The Balaban J connectivity index is 2.03. The molecule has 0 unspecified atom stereocenters. The van der Waals surface area contributed by atoms with Crippen molar-refractivity contribution in [1.29, 1.82) is 0 Å². The van der Waals surface area contributed by atoms with Crippen LogP contribution in [0.3, 0.4) is 0 Å². The van der Waals surface area contributed by atoms with E-state index in [9.17, 15) is 29.6 Å². The fourth-order valence-corrected chi connectivity index (χ4v) is 2.71. The van der Waals surface area contributed by atoms with Gasteiger partial charge in [0.2, 0.25) is 0 Å². The lowest BCUT2D eigenvalue weighted by molar-refractivity contribution is -0.385. The van der Waals surface area contributed by atoms with Gasteiger partial charge in [-0.05, 0) is 18.4 Å². The predicted molar refractivity (Wildman–Crippen MR) is 72.4 cm³/mol. The molecule has 1 N–H and O–H groups in total. The van der Waals surface area contributed by atoms with Gasteiger partial charge in [0, 0.05) is 6.07 Å². The molecule has 2 aliphatic rings. The molecule has 0 aromatic heterocycles. The summed E-state index contributed by atoms with van der Waals surface area (Å²) in [6.45, 7) is 0. The van der Waals surface area contributed by atoms with Gasteiger partial charge in [-0.3, -0.25) is 24.6 Å². The number of carbonyl (C=O) groups excluding carboxylic acids is 2. The van der Waals surface area contributed by atoms with Crippen LogP contribution in [0.2, 0.25) is 0 Å².